The first-order valence-electron chi connectivity index (χ1n) is 8.36. The lowest BCUT2D eigenvalue weighted by Gasteiger charge is -2.32. The third kappa shape index (κ3) is 9.09. The van der Waals surface area contributed by atoms with Gasteiger partial charge in [0, 0.05) is 11.1 Å². The molecule has 162 valence electrons. The number of rotatable bonds is 4. The first kappa shape index (κ1) is 29.5. The summed E-state index contributed by atoms with van der Waals surface area (Å²) in [5, 5.41) is 0.420. The minimum atomic E-state index is -0.744. The molecule has 29 heavy (non-hydrogen) atoms. The van der Waals surface area contributed by atoms with Gasteiger partial charge in [-0.25, -0.2) is 9.40 Å². The molecule has 0 spiro atoms. The van der Waals surface area contributed by atoms with Gasteiger partial charge in [-0.15, -0.1) is 29.3 Å². The molecular formula is C20H25Cl3F2N2O2. The Labute approximate surface area is 187 Å². The number of nitrogens with one attached hydrogen (secondary N) is 1. The monoisotopic (exact) mass is 468 g/mol. The van der Waals surface area contributed by atoms with Gasteiger partial charge < -0.3 is 0 Å². The number of nitrogens with zero attached hydrogens (tertiary/aromatic N) is 1. The lowest BCUT2D eigenvalue weighted by atomic mass is 10.0. The van der Waals surface area contributed by atoms with Crippen LogP contribution in [0.25, 0.3) is 0 Å². The Kier molecular flexibility index (Phi) is 13.7. The summed E-state index contributed by atoms with van der Waals surface area (Å²) in [6.07, 6.45) is 0.546. The van der Waals surface area contributed by atoms with E-state index >= 15 is 0 Å². The number of hydrazine groups is 1. The van der Waals surface area contributed by atoms with Gasteiger partial charge in [0.1, 0.15) is 5.82 Å². The van der Waals surface area contributed by atoms with Crippen molar-refractivity contribution in [1.82, 2.24) is 10.7 Å². The van der Waals surface area contributed by atoms with Crippen LogP contribution in [0.15, 0.2) is 48.5 Å². The highest BCUT2D eigenvalue weighted by atomic mass is 35.5. The summed E-state index contributed by atoms with van der Waals surface area (Å²) in [7, 11) is 0. The molecule has 0 saturated carbocycles. The van der Waals surface area contributed by atoms with Crippen LogP contribution in [0, 0.1) is 5.82 Å². The third-order valence-corrected chi connectivity index (χ3v) is 3.86. The Morgan fingerprint density at radius 1 is 1.03 bits per heavy atom. The Hall–Kier alpha value is -1.73. The number of halogens is 5. The van der Waals surface area contributed by atoms with Gasteiger partial charge in [0.05, 0.1) is 5.54 Å². The van der Waals surface area contributed by atoms with Crippen molar-refractivity contribution >= 4 is 47.6 Å². The van der Waals surface area contributed by atoms with Gasteiger partial charge in [-0.2, -0.15) is 0 Å². The maximum atomic E-state index is 13.6. The molecule has 0 bridgehead atoms. The molecule has 0 heterocycles. The Bertz CT molecular complexity index is 785. The van der Waals surface area contributed by atoms with E-state index in [0.717, 1.165) is 11.1 Å². The molecule has 4 nitrogen and oxygen atoms in total. The number of amides is 1. The molecule has 0 unspecified atom stereocenters. The molecule has 2 aromatic carbocycles. The van der Waals surface area contributed by atoms with Crippen molar-refractivity contribution in [3.63, 3.8) is 0 Å². The SMILES string of the molecule is CCc1ccc(C(=O)N(NF)C(C)(C)C)cc1F.Cl.Cl.O=C(Cl)c1ccccc1. The van der Waals surface area contributed by atoms with Crippen molar-refractivity contribution in [2.24, 2.45) is 0 Å². The van der Waals surface area contributed by atoms with Crippen LogP contribution in [0.3, 0.4) is 0 Å². The molecule has 0 radical (unpaired) electrons. The van der Waals surface area contributed by atoms with E-state index in [4.69, 9.17) is 11.6 Å². The van der Waals surface area contributed by atoms with Gasteiger partial charge >= 0.3 is 0 Å². The molecule has 9 heteroatoms. The van der Waals surface area contributed by atoms with Crippen molar-refractivity contribution in [1.29, 1.82) is 0 Å². The zero-order valence-electron chi connectivity index (χ0n) is 16.5. The highest BCUT2D eigenvalue weighted by Gasteiger charge is 2.28. The number of aryl methyl sites for hydroxylation is 1. The molecular weight excluding hydrogens is 445 g/mol. The number of hydrogen-bond donors (Lipinski definition) is 1. The highest BCUT2D eigenvalue weighted by Crippen LogP contribution is 2.17. The van der Waals surface area contributed by atoms with Crippen LogP contribution < -0.4 is 5.65 Å². The lowest BCUT2D eigenvalue weighted by Crippen LogP contribution is -2.50. The molecule has 0 fully saturated rings. The summed E-state index contributed by atoms with van der Waals surface area (Å²) in [5.74, 6) is -1.05. The van der Waals surface area contributed by atoms with Gasteiger partial charge in [0.15, 0.2) is 0 Å². The highest BCUT2D eigenvalue weighted by molar-refractivity contribution is 6.67. The normalized spacial score (nSPS) is 9.90. The molecule has 1 amide bonds. The van der Waals surface area contributed by atoms with Crippen LogP contribution in [0.2, 0.25) is 0 Å². The minimum absolute atomic E-state index is 0. The molecule has 0 aromatic heterocycles. The van der Waals surface area contributed by atoms with Crippen LogP contribution in [0.5, 0.6) is 0 Å². The Morgan fingerprint density at radius 3 is 1.93 bits per heavy atom. The molecule has 1 N–H and O–H groups in total. The summed E-state index contributed by atoms with van der Waals surface area (Å²) in [6, 6.07) is 12.9. The summed E-state index contributed by atoms with van der Waals surface area (Å²) in [6.45, 7) is 6.85. The first-order chi connectivity index (χ1) is 12.6. The number of carbonyl (C=O) groups is 2. The van der Waals surface area contributed by atoms with Crippen molar-refractivity contribution < 1.29 is 18.5 Å². The number of hydrogen-bond acceptors (Lipinski definition) is 3. The predicted octanol–water partition coefficient (Wildman–Crippen LogP) is 5.93. The summed E-state index contributed by atoms with van der Waals surface area (Å²) in [4.78, 5) is 22.4. The largest absolute Gasteiger partial charge is 0.276 e. The third-order valence-electron chi connectivity index (χ3n) is 3.64. The summed E-state index contributed by atoms with van der Waals surface area (Å²) in [5.41, 5.74) is 1.79. The molecule has 2 aromatic rings. The van der Waals surface area contributed by atoms with Gasteiger partial charge in [-0.3, -0.25) is 9.59 Å². The van der Waals surface area contributed by atoms with Gasteiger partial charge in [0.2, 0.25) is 0 Å². The summed E-state index contributed by atoms with van der Waals surface area (Å²) < 4.78 is 26.3. The topological polar surface area (TPSA) is 49.4 Å². The fourth-order valence-electron chi connectivity index (χ4n) is 2.14. The maximum absolute atomic E-state index is 13.6. The molecule has 2 rings (SSSR count). The fraction of sp³-hybridized carbons (Fsp3) is 0.300. The quantitative estimate of drug-likeness (QED) is 0.343. The zero-order valence-corrected chi connectivity index (χ0v) is 18.9. The van der Waals surface area contributed by atoms with Crippen molar-refractivity contribution in [2.75, 3.05) is 0 Å². The predicted molar refractivity (Wildman–Crippen MR) is 117 cm³/mol. The van der Waals surface area contributed by atoms with E-state index in [1.807, 2.05) is 13.0 Å². The average Bonchev–Trinajstić information content (AvgIpc) is 2.62. The van der Waals surface area contributed by atoms with Crippen LogP contribution in [-0.2, 0) is 6.42 Å². The Balaban J connectivity index is 0. The molecule has 0 aliphatic carbocycles. The number of carbonyl (C=O) groups excluding carboxylic acids is 2. The fourth-order valence-corrected chi connectivity index (χ4v) is 2.26. The van der Waals surface area contributed by atoms with E-state index in [2.05, 4.69) is 0 Å². The van der Waals surface area contributed by atoms with Gasteiger partial charge in [-0.05, 0) is 56.5 Å². The molecule has 0 aliphatic rings. The van der Waals surface area contributed by atoms with Crippen LogP contribution in [0.1, 0.15) is 54.0 Å². The first-order valence-corrected chi connectivity index (χ1v) is 8.73. The van der Waals surface area contributed by atoms with Gasteiger partial charge in [-0.1, -0.05) is 49.0 Å². The zero-order chi connectivity index (χ0) is 20.6. The standard InChI is InChI=1S/C13H18F2N2O.C7H5ClO.2ClH/c1-5-9-6-7-10(8-11(9)14)12(18)17(16-15)13(2,3)4;8-7(9)6-4-2-1-3-5-6;;/h6-8,16H,5H2,1-4H3;1-5H;2*1H. The van der Waals surface area contributed by atoms with E-state index in [9.17, 15) is 18.5 Å². The summed E-state index contributed by atoms with van der Waals surface area (Å²) >= 11 is 5.16. The van der Waals surface area contributed by atoms with E-state index in [1.165, 1.54) is 11.7 Å². The van der Waals surface area contributed by atoms with Crippen LogP contribution >= 0.6 is 36.4 Å². The second-order valence-corrected chi connectivity index (χ2v) is 7.04. The maximum Gasteiger partial charge on any atom is 0.270 e. The average molecular weight is 470 g/mol. The van der Waals surface area contributed by atoms with E-state index in [-0.39, 0.29) is 30.4 Å². The van der Waals surface area contributed by atoms with Crippen molar-refractivity contribution in [3.8, 4) is 0 Å². The Morgan fingerprint density at radius 2 is 1.59 bits per heavy atom. The van der Waals surface area contributed by atoms with Crippen LogP contribution in [-0.4, -0.2) is 21.7 Å². The lowest BCUT2D eigenvalue weighted by molar-refractivity contribution is -0.00146. The smallest absolute Gasteiger partial charge is 0.270 e. The van der Waals surface area contributed by atoms with E-state index < -0.39 is 22.5 Å². The van der Waals surface area contributed by atoms with E-state index in [1.54, 1.807) is 51.1 Å². The molecule has 0 saturated heterocycles. The second kappa shape index (κ2) is 13.5. The minimum Gasteiger partial charge on any atom is -0.276 e. The van der Waals surface area contributed by atoms with Crippen LogP contribution in [0.4, 0.5) is 8.87 Å². The second-order valence-electron chi connectivity index (χ2n) is 6.70. The molecule has 0 atom stereocenters. The molecule has 0 aliphatic heterocycles. The van der Waals surface area contributed by atoms with Gasteiger partial charge in [0.25, 0.3) is 11.1 Å². The number of benzene rings is 2. The van der Waals surface area contributed by atoms with E-state index in [0.29, 0.717) is 17.5 Å². The van der Waals surface area contributed by atoms with Crippen molar-refractivity contribution in [3.05, 3.63) is 71.0 Å². The van der Waals surface area contributed by atoms with Crippen molar-refractivity contribution in [2.45, 2.75) is 39.7 Å².